The summed E-state index contributed by atoms with van der Waals surface area (Å²) in [5.74, 6) is 0.683. The number of nitrogens with zero attached hydrogens (tertiary/aromatic N) is 5. The molecule has 1 aliphatic heterocycles. The Morgan fingerprint density at radius 2 is 1.86 bits per heavy atom. The van der Waals surface area contributed by atoms with Gasteiger partial charge in [0, 0.05) is 35.5 Å². The van der Waals surface area contributed by atoms with Crippen molar-refractivity contribution < 1.29 is 17.5 Å². The van der Waals surface area contributed by atoms with Crippen molar-refractivity contribution >= 4 is 32.0 Å². The van der Waals surface area contributed by atoms with Gasteiger partial charge in [-0.2, -0.15) is 5.10 Å². The number of imidazole rings is 1. The highest BCUT2D eigenvalue weighted by molar-refractivity contribution is 7.88. The zero-order valence-electron chi connectivity index (χ0n) is 23.6. The third-order valence-corrected chi connectivity index (χ3v) is 8.11. The standard InChI is InChI=1S/C30H28FN9O3S/c1-44(41,42)36-13-17-8-18(10-20(31)9-17)27-29-24(4-7-34-27)37-30(38-29)28-23-12-25(35-16-26(23)39-40-28)19-11-22(15-33-14-19)43-21-2-5-32-6-3-21/h4,7-12,14-16,21,32,36H,2-3,5-6,13H2,1H3,(H,37,38)(H,39,40). The monoisotopic (exact) mass is 613 g/mol. The van der Waals surface area contributed by atoms with Crippen molar-refractivity contribution in [2.24, 2.45) is 0 Å². The molecule has 0 saturated carbocycles. The van der Waals surface area contributed by atoms with Crippen LogP contribution in [0.5, 0.6) is 5.75 Å². The predicted molar refractivity (Wildman–Crippen MR) is 164 cm³/mol. The van der Waals surface area contributed by atoms with Gasteiger partial charge in [0.15, 0.2) is 5.82 Å². The molecule has 0 radical (unpaired) electrons. The number of aromatic amines is 2. The van der Waals surface area contributed by atoms with Crippen molar-refractivity contribution in [3.05, 3.63) is 72.6 Å². The number of hydrogen-bond donors (Lipinski definition) is 4. The Kier molecular flexibility index (Phi) is 7.24. The van der Waals surface area contributed by atoms with E-state index in [-0.39, 0.29) is 12.6 Å². The first-order valence-corrected chi connectivity index (χ1v) is 15.9. The number of nitrogens with one attached hydrogen (secondary N) is 4. The molecule has 4 N–H and O–H groups in total. The van der Waals surface area contributed by atoms with Gasteiger partial charge in [-0.3, -0.25) is 20.1 Å². The summed E-state index contributed by atoms with van der Waals surface area (Å²) in [4.78, 5) is 21.6. The molecule has 0 spiro atoms. The number of ether oxygens (including phenoxy) is 1. The first-order chi connectivity index (χ1) is 21.3. The van der Waals surface area contributed by atoms with Crippen molar-refractivity contribution in [3.63, 3.8) is 0 Å². The van der Waals surface area contributed by atoms with Crippen molar-refractivity contribution in [3.8, 4) is 39.8 Å². The van der Waals surface area contributed by atoms with E-state index < -0.39 is 15.8 Å². The molecule has 1 fully saturated rings. The largest absolute Gasteiger partial charge is 0.489 e. The lowest BCUT2D eigenvalue weighted by atomic mass is 10.1. The minimum atomic E-state index is -3.45. The fraction of sp³-hybridized carbons (Fsp3) is 0.233. The lowest BCUT2D eigenvalue weighted by molar-refractivity contribution is 0.162. The zero-order valence-corrected chi connectivity index (χ0v) is 24.4. The Balaban J connectivity index is 1.23. The van der Waals surface area contributed by atoms with Crippen LogP contribution in [0, 0.1) is 5.82 Å². The zero-order chi connectivity index (χ0) is 30.3. The van der Waals surface area contributed by atoms with Crippen LogP contribution < -0.4 is 14.8 Å². The van der Waals surface area contributed by atoms with Crippen LogP contribution in [-0.2, 0) is 16.6 Å². The summed E-state index contributed by atoms with van der Waals surface area (Å²) in [7, 11) is -3.45. The van der Waals surface area contributed by atoms with E-state index in [2.05, 4.69) is 40.2 Å². The van der Waals surface area contributed by atoms with E-state index in [1.165, 1.54) is 12.1 Å². The van der Waals surface area contributed by atoms with Gasteiger partial charge in [-0.05, 0) is 67.9 Å². The van der Waals surface area contributed by atoms with Gasteiger partial charge >= 0.3 is 0 Å². The molecule has 0 aliphatic carbocycles. The number of aromatic nitrogens is 7. The topological polar surface area (TPSA) is 163 Å². The number of halogens is 1. The number of pyridine rings is 3. The molecule has 0 atom stereocenters. The summed E-state index contributed by atoms with van der Waals surface area (Å²) >= 11 is 0. The van der Waals surface area contributed by atoms with Gasteiger partial charge in [-0.15, -0.1) is 0 Å². The highest BCUT2D eigenvalue weighted by atomic mass is 32.2. The van der Waals surface area contributed by atoms with Crippen LogP contribution in [0.1, 0.15) is 18.4 Å². The first-order valence-electron chi connectivity index (χ1n) is 14.1. The molecule has 1 saturated heterocycles. The van der Waals surface area contributed by atoms with Gasteiger partial charge in [-0.25, -0.2) is 22.5 Å². The number of piperidine rings is 1. The molecule has 44 heavy (non-hydrogen) atoms. The number of rotatable bonds is 8. The fourth-order valence-corrected chi connectivity index (χ4v) is 5.78. The number of fused-ring (bicyclic) bond motifs is 2. The Morgan fingerprint density at radius 3 is 2.70 bits per heavy atom. The normalized spacial score (nSPS) is 14.4. The number of sulfonamides is 1. The molecule has 5 aromatic heterocycles. The minimum absolute atomic E-state index is 0.0520. The summed E-state index contributed by atoms with van der Waals surface area (Å²) < 4.78 is 46.3. The highest BCUT2D eigenvalue weighted by Crippen LogP contribution is 2.32. The van der Waals surface area contributed by atoms with Crippen molar-refractivity contribution in [2.45, 2.75) is 25.5 Å². The highest BCUT2D eigenvalue weighted by Gasteiger charge is 2.19. The molecule has 0 amide bonds. The third kappa shape index (κ3) is 5.86. The van der Waals surface area contributed by atoms with Gasteiger partial charge in [0.1, 0.15) is 28.9 Å². The van der Waals surface area contributed by atoms with E-state index in [4.69, 9.17) is 9.72 Å². The van der Waals surface area contributed by atoms with Crippen LogP contribution in [0.3, 0.4) is 0 Å². The van der Waals surface area contributed by atoms with E-state index in [0.717, 1.165) is 48.7 Å². The average molecular weight is 614 g/mol. The number of hydrogen-bond acceptors (Lipinski definition) is 9. The molecule has 0 bridgehead atoms. The third-order valence-electron chi connectivity index (χ3n) is 7.44. The number of H-pyrrole nitrogens is 2. The van der Waals surface area contributed by atoms with Crippen molar-refractivity contribution in [1.29, 1.82) is 0 Å². The Bertz CT molecular complexity index is 2110. The van der Waals surface area contributed by atoms with E-state index in [1.807, 2.05) is 12.1 Å². The van der Waals surface area contributed by atoms with E-state index >= 15 is 0 Å². The van der Waals surface area contributed by atoms with Crippen LogP contribution in [0.15, 0.2) is 61.2 Å². The van der Waals surface area contributed by atoms with Crippen LogP contribution in [0.25, 0.3) is 56.0 Å². The smallest absolute Gasteiger partial charge is 0.209 e. The molecule has 6 heterocycles. The van der Waals surface area contributed by atoms with Crippen LogP contribution in [-0.4, -0.2) is 69.0 Å². The summed E-state index contributed by atoms with van der Waals surface area (Å²) in [5.41, 5.74) is 5.41. The van der Waals surface area contributed by atoms with E-state index in [1.54, 1.807) is 36.9 Å². The van der Waals surface area contributed by atoms with Gasteiger partial charge in [0.05, 0.1) is 41.1 Å². The van der Waals surface area contributed by atoms with Crippen LogP contribution in [0.2, 0.25) is 0 Å². The maximum Gasteiger partial charge on any atom is 0.209 e. The second kappa shape index (κ2) is 11.4. The molecular formula is C30H28FN9O3S. The minimum Gasteiger partial charge on any atom is -0.489 e. The maximum atomic E-state index is 14.6. The summed E-state index contributed by atoms with van der Waals surface area (Å²) in [6, 6.07) is 9.97. The van der Waals surface area contributed by atoms with E-state index in [0.29, 0.717) is 50.8 Å². The molecule has 7 rings (SSSR count). The van der Waals surface area contributed by atoms with Crippen molar-refractivity contribution in [1.82, 2.24) is 45.2 Å². The SMILES string of the molecule is CS(=O)(=O)NCc1cc(F)cc(-c2nccc3[nH]c(-c4n[nH]c5cnc(-c6cncc(OC7CCNCC7)c6)cc45)nc23)c1. The van der Waals surface area contributed by atoms with Gasteiger partial charge < -0.3 is 15.0 Å². The maximum absolute atomic E-state index is 14.6. The Labute approximate surface area is 251 Å². The second-order valence-corrected chi connectivity index (χ2v) is 12.6. The number of benzene rings is 1. The average Bonchev–Trinajstić information content (AvgIpc) is 3.64. The lowest BCUT2D eigenvalue weighted by Crippen LogP contribution is -2.34. The predicted octanol–water partition coefficient (Wildman–Crippen LogP) is 3.94. The quantitative estimate of drug-likeness (QED) is 0.199. The second-order valence-electron chi connectivity index (χ2n) is 10.7. The Morgan fingerprint density at radius 1 is 1.00 bits per heavy atom. The van der Waals surface area contributed by atoms with Crippen LogP contribution in [0.4, 0.5) is 4.39 Å². The molecule has 224 valence electrons. The molecule has 1 aliphatic rings. The van der Waals surface area contributed by atoms with Gasteiger partial charge in [-0.1, -0.05) is 0 Å². The van der Waals surface area contributed by atoms with Crippen LogP contribution >= 0.6 is 0 Å². The van der Waals surface area contributed by atoms with E-state index in [9.17, 15) is 12.8 Å². The molecule has 12 nitrogen and oxygen atoms in total. The molecule has 6 aromatic rings. The molecule has 0 unspecified atom stereocenters. The van der Waals surface area contributed by atoms with Gasteiger partial charge in [0.25, 0.3) is 0 Å². The molecular weight excluding hydrogens is 585 g/mol. The summed E-state index contributed by atoms with van der Waals surface area (Å²) in [6.07, 6.45) is 9.89. The van der Waals surface area contributed by atoms with Crippen molar-refractivity contribution in [2.75, 3.05) is 19.3 Å². The van der Waals surface area contributed by atoms with Gasteiger partial charge in [0.2, 0.25) is 10.0 Å². The lowest BCUT2D eigenvalue weighted by Gasteiger charge is -2.23. The molecule has 1 aromatic carbocycles. The molecule has 14 heteroatoms. The first kappa shape index (κ1) is 28.0. The fourth-order valence-electron chi connectivity index (χ4n) is 5.35. The summed E-state index contributed by atoms with van der Waals surface area (Å²) in [6.45, 7) is 1.82. The Hall–Kier alpha value is -4.79. The summed E-state index contributed by atoms with van der Waals surface area (Å²) in [5, 5.41) is 11.7.